The summed E-state index contributed by atoms with van der Waals surface area (Å²) in [5, 5.41) is 5.58. The number of ether oxygens (including phenoxy) is 1. The highest BCUT2D eigenvalue weighted by molar-refractivity contribution is 6.06. The van der Waals surface area contributed by atoms with Gasteiger partial charge in [0.1, 0.15) is 24.2 Å². The van der Waals surface area contributed by atoms with Gasteiger partial charge in [0.25, 0.3) is 5.91 Å². The van der Waals surface area contributed by atoms with Crippen LogP contribution < -0.4 is 15.4 Å². The Hall–Kier alpha value is -3.50. The standard InChI is InChI=1S/C27H32FN5O4.2C2H6/c1-31-9-11-32(12-10-31)13-14-37-19-5-6-22(28)18(15-19)16-29-23-4-2-3-20-21(23)17-33(27(20)36)24-7-8-25(34)30-26(24)35;2*1-2/h2-6,15,24,29H,7-14,16-17H2,1H3,(H,30,34,35);2*1-2H3. The molecule has 2 N–H and O–H groups in total. The van der Waals surface area contributed by atoms with Gasteiger partial charge >= 0.3 is 0 Å². The van der Waals surface area contributed by atoms with Crippen molar-refractivity contribution in [2.75, 3.05) is 51.7 Å². The Labute approximate surface area is 243 Å². The zero-order valence-corrected chi connectivity index (χ0v) is 25.0. The predicted molar refractivity (Wildman–Crippen MR) is 158 cm³/mol. The van der Waals surface area contributed by atoms with Gasteiger partial charge in [0.05, 0.1) is 0 Å². The molecule has 2 aromatic rings. The van der Waals surface area contributed by atoms with Crippen molar-refractivity contribution in [2.45, 2.75) is 59.7 Å². The van der Waals surface area contributed by atoms with Gasteiger partial charge < -0.3 is 19.9 Å². The molecule has 0 aliphatic carbocycles. The van der Waals surface area contributed by atoms with Crippen LogP contribution in [0, 0.1) is 5.82 Å². The second kappa shape index (κ2) is 15.5. The fourth-order valence-corrected chi connectivity index (χ4v) is 5.08. The number of likely N-dealkylation sites (N-methyl/N-ethyl adjacent to an activating group) is 1. The first-order valence-electron chi connectivity index (χ1n) is 14.7. The van der Waals surface area contributed by atoms with E-state index in [4.69, 9.17) is 4.74 Å². The lowest BCUT2D eigenvalue weighted by Crippen LogP contribution is -2.52. The number of rotatable bonds is 8. The molecule has 2 fully saturated rings. The topological polar surface area (TPSA) is 94.2 Å². The number of piperidine rings is 1. The lowest BCUT2D eigenvalue weighted by atomic mass is 10.0. The number of amides is 3. The van der Waals surface area contributed by atoms with Crippen molar-refractivity contribution in [3.05, 3.63) is 58.9 Å². The largest absolute Gasteiger partial charge is 0.492 e. The summed E-state index contributed by atoms with van der Waals surface area (Å²) < 4.78 is 20.5. The normalized spacial score (nSPS) is 18.9. The number of hydrogen-bond donors (Lipinski definition) is 2. The minimum absolute atomic E-state index is 0.203. The SMILES string of the molecule is CC.CC.CN1CCN(CCOc2ccc(F)c(CNc3cccc4c3CN(C3CCC(=O)NC3=O)C4=O)c2)CC1. The zero-order chi connectivity index (χ0) is 29.9. The maximum absolute atomic E-state index is 14.6. The van der Waals surface area contributed by atoms with E-state index in [1.165, 1.54) is 11.0 Å². The molecule has 41 heavy (non-hydrogen) atoms. The first kappa shape index (κ1) is 32.0. The van der Waals surface area contributed by atoms with Gasteiger partial charge in [-0.1, -0.05) is 33.8 Å². The number of nitrogens with one attached hydrogen (secondary N) is 2. The summed E-state index contributed by atoms with van der Waals surface area (Å²) in [6.45, 7) is 14.0. The van der Waals surface area contributed by atoms with Gasteiger partial charge in [0.2, 0.25) is 11.8 Å². The number of benzene rings is 2. The summed E-state index contributed by atoms with van der Waals surface area (Å²) >= 11 is 0. The summed E-state index contributed by atoms with van der Waals surface area (Å²) in [6, 6.07) is 9.41. The van der Waals surface area contributed by atoms with Gasteiger partial charge in [-0.15, -0.1) is 0 Å². The molecule has 3 heterocycles. The molecule has 2 aromatic carbocycles. The molecule has 9 nitrogen and oxygen atoms in total. The Morgan fingerprint density at radius 2 is 1.76 bits per heavy atom. The second-order valence-corrected chi connectivity index (χ2v) is 9.83. The van der Waals surface area contributed by atoms with Crippen LogP contribution in [0.5, 0.6) is 5.75 Å². The zero-order valence-electron chi connectivity index (χ0n) is 25.0. The van der Waals surface area contributed by atoms with Crippen molar-refractivity contribution in [2.24, 2.45) is 0 Å². The number of piperazine rings is 1. The maximum Gasteiger partial charge on any atom is 0.255 e. The van der Waals surface area contributed by atoms with Crippen LogP contribution in [0.15, 0.2) is 36.4 Å². The van der Waals surface area contributed by atoms with E-state index in [-0.39, 0.29) is 37.1 Å². The van der Waals surface area contributed by atoms with Crippen molar-refractivity contribution >= 4 is 23.4 Å². The van der Waals surface area contributed by atoms with Gasteiger partial charge in [-0.05, 0) is 43.8 Å². The highest BCUT2D eigenvalue weighted by Gasteiger charge is 2.39. The first-order valence-corrected chi connectivity index (χ1v) is 14.7. The molecule has 10 heteroatoms. The third-order valence-corrected chi connectivity index (χ3v) is 7.34. The Morgan fingerprint density at radius 3 is 2.46 bits per heavy atom. The lowest BCUT2D eigenvalue weighted by molar-refractivity contribution is -0.136. The Morgan fingerprint density at radius 1 is 1.02 bits per heavy atom. The van der Waals surface area contributed by atoms with Crippen molar-refractivity contribution in [3.8, 4) is 5.75 Å². The molecule has 3 aliphatic heterocycles. The fraction of sp³-hybridized carbons (Fsp3) is 0.516. The number of nitrogens with zero attached hydrogens (tertiary/aromatic N) is 3. The highest BCUT2D eigenvalue weighted by Crippen LogP contribution is 2.32. The molecule has 3 amide bonds. The first-order chi connectivity index (χ1) is 19.9. The number of halogens is 1. The number of anilines is 1. The van der Waals surface area contributed by atoms with Crippen LogP contribution in [0.3, 0.4) is 0 Å². The van der Waals surface area contributed by atoms with Crippen LogP contribution in [0.1, 0.15) is 62.0 Å². The van der Waals surface area contributed by atoms with Crippen molar-refractivity contribution in [3.63, 3.8) is 0 Å². The summed E-state index contributed by atoms with van der Waals surface area (Å²) in [5.41, 5.74) is 2.44. The molecule has 3 aliphatic rings. The molecule has 0 bridgehead atoms. The molecular weight excluding hydrogens is 525 g/mol. The molecule has 5 rings (SSSR count). The van der Waals surface area contributed by atoms with Crippen LogP contribution in [0.25, 0.3) is 0 Å². The summed E-state index contributed by atoms with van der Waals surface area (Å²) in [5.74, 6) is -0.730. The fourth-order valence-electron chi connectivity index (χ4n) is 5.08. The van der Waals surface area contributed by atoms with E-state index in [0.717, 1.165) is 38.3 Å². The monoisotopic (exact) mass is 569 g/mol. The number of hydrogen-bond acceptors (Lipinski definition) is 7. The number of imide groups is 1. The van der Waals surface area contributed by atoms with Crippen LogP contribution in [-0.2, 0) is 22.7 Å². The van der Waals surface area contributed by atoms with Crippen LogP contribution in [0.2, 0.25) is 0 Å². The Balaban J connectivity index is 0.00000111. The predicted octanol–water partition coefficient (Wildman–Crippen LogP) is 3.88. The molecule has 0 spiro atoms. The van der Waals surface area contributed by atoms with Gasteiger partial charge in [0.15, 0.2) is 0 Å². The van der Waals surface area contributed by atoms with E-state index in [1.54, 1.807) is 24.3 Å². The van der Waals surface area contributed by atoms with Crippen LogP contribution in [-0.4, -0.2) is 84.8 Å². The van der Waals surface area contributed by atoms with Crippen molar-refractivity contribution < 1.29 is 23.5 Å². The third kappa shape index (κ3) is 8.04. The van der Waals surface area contributed by atoms with Gasteiger partial charge in [0, 0.05) is 74.6 Å². The average molecular weight is 570 g/mol. The summed E-state index contributed by atoms with van der Waals surface area (Å²) in [7, 11) is 2.12. The van der Waals surface area contributed by atoms with E-state index in [2.05, 4.69) is 27.5 Å². The van der Waals surface area contributed by atoms with E-state index in [1.807, 2.05) is 33.8 Å². The summed E-state index contributed by atoms with van der Waals surface area (Å²) in [6.07, 6.45) is 0.509. The molecule has 0 aromatic heterocycles. The van der Waals surface area contributed by atoms with E-state index in [0.29, 0.717) is 35.6 Å². The molecule has 0 saturated carbocycles. The van der Waals surface area contributed by atoms with Crippen LogP contribution in [0.4, 0.5) is 10.1 Å². The van der Waals surface area contributed by atoms with E-state index < -0.39 is 11.9 Å². The molecule has 224 valence electrons. The lowest BCUT2D eigenvalue weighted by Gasteiger charge is -2.32. The molecule has 1 unspecified atom stereocenters. The third-order valence-electron chi connectivity index (χ3n) is 7.34. The quantitative estimate of drug-likeness (QED) is 0.466. The van der Waals surface area contributed by atoms with Gasteiger partial charge in [-0.25, -0.2) is 4.39 Å². The van der Waals surface area contributed by atoms with E-state index in [9.17, 15) is 18.8 Å². The number of carbonyl (C=O) groups excluding carboxylic acids is 3. The van der Waals surface area contributed by atoms with Crippen molar-refractivity contribution in [1.82, 2.24) is 20.0 Å². The number of carbonyl (C=O) groups is 3. The van der Waals surface area contributed by atoms with E-state index >= 15 is 0 Å². The Bertz CT molecular complexity index is 1200. The highest BCUT2D eigenvalue weighted by atomic mass is 19.1. The number of fused-ring (bicyclic) bond motifs is 1. The van der Waals surface area contributed by atoms with Crippen LogP contribution >= 0.6 is 0 Å². The van der Waals surface area contributed by atoms with Crippen molar-refractivity contribution in [1.29, 1.82) is 0 Å². The smallest absolute Gasteiger partial charge is 0.255 e. The Kier molecular flexibility index (Phi) is 12.1. The summed E-state index contributed by atoms with van der Waals surface area (Å²) in [4.78, 5) is 43.0. The molecule has 2 saturated heterocycles. The molecule has 0 radical (unpaired) electrons. The van der Waals surface area contributed by atoms with Gasteiger partial charge in [-0.2, -0.15) is 0 Å². The average Bonchev–Trinajstić information content (AvgIpc) is 3.33. The maximum atomic E-state index is 14.6. The second-order valence-electron chi connectivity index (χ2n) is 9.83. The van der Waals surface area contributed by atoms with Gasteiger partial charge in [-0.3, -0.25) is 24.6 Å². The minimum atomic E-state index is -0.678. The molecular formula is C31H44FN5O4. The minimum Gasteiger partial charge on any atom is -0.492 e. The molecule has 1 atom stereocenters.